The van der Waals surface area contributed by atoms with Crippen LogP contribution in [0.2, 0.25) is 0 Å². The van der Waals surface area contributed by atoms with Crippen LogP contribution in [0.3, 0.4) is 0 Å². The Balaban J connectivity index is 2.57. The molecule has 0 bridgehead atoms. The van der Waals surface area contributed by atoms with Gasteiger partial charge in [-0.25, -0.2) is 13.6 Å². The fourth-order valence-electron chi connectivity index (χ4n) is 1.60. The smallest absolute Gasteiger partial charge is 0.429 e. The maximum absolute atomic E-state index is 13.5. The molecule has 5 heteroatoms. The molecular weight excluding hydrogens is 218 g/mol. The fourth-order valence-corrected chi connectivity index (χ4v) is 1.60. The third kappa shape index (κ3) is 1.44. The Bertz CT molecular complexity index is 438. The first-order chi connectivity index (χ1) is 7.59. The minimum absolute atomic E-state index is 0.285. The molecule has 1 aliphatic heterocycles. The summed E-state index contributed by atoms with van der Waals surface area (Å²) in [6.45, 7) is 3.13. The maximum atomic E-state index is 13.5. The number of halogens is 2. The predicted octanol–water partition coefficient (Wildman–Crippen LogP) is 2.51. The van der Waals surface area contributed by atoms with Crippen molar-refractivity contribution in [3.63, 3.8) is 0 Å². The van der Waals surface area contributed by atoms with Gasteiger partial charge in [-0.05, 0) is 18.2 Å². The molecule has 0 spiro atoms. The van der Waals surface area contributed by atoms with E-state index in [1.54, 1.807) is 0 Å². The van der Waals surface area contributed by atoms with Crippen LogP contribution in [0, 0.1) is 11.6 Å². The van der Waals surface area contributed by atoms with Crippen molar-refractivity contribution in [1.82, 2.24) is 0 Å². The van der Waals surface area contributed by atoms with Crippen molar-refractivity contribution < 1.29 is 23.0 Å². The minimum Gasteiger partial charge on any atom is -0.429 e. The largest absolute Gasteiger partial charge is 0.509 e. The van der Waals surface area contributed by atoms with E-state index in [1.807, 2.05) is 0 Å². The molecule has 0 amide bonds. The molecule has 1 aromatic rings. The van der Waals surface area contributed by atoms with E-state index in [-0.39, 0.29) is 12.2 Å². The van der Waals surface area contributed by atoms with Gasteiger partial charge in [0.15, 0.2) is 5.60 Å². The van der Waals surface area contributed by atoms with E-state index in [4.69, 9.17) is 4.74 Å². The van der Waals surface area contributed by atoms with Crippen molar-refractivity contribution in [3.05, 3.63) is 48.1 Å². The number of ether oxygens (including phenoxy) is 2. The minimum atomic E-state index is -1.58. The van der Waals surface area contributed by atoms with Crippen LogP contribution in [0.4, 0.5) is 13.6 Å². The van der Waals surface area contributed by atoms with Crippen LogP contribution in [-0.2, 0) is 15.1 Å². The second-order valence-corrected chi connectivity index (χ2v) is 3.33. The molecule has 1 aliphatic rings. The Hall–Kier alpha value is -1.91. The van der Waals surface area contributed by atoms with Crippen LogP contribution in [-0.4, -0.2) is 12.8 Å². The summed E-state index contributed by atoms with van der Waals surface area (Å²) < 4.78 is 36.4. The molecule has 0 N–H and O–H groups in total. The molecule has 0 unspecified atom stereocenters. The van der Waals surface area contributed by atoms with Crippen molar-refractivity contribution in [2.45, 2.75) is 5.60 Å². The molecule has 84 valence electrons. The monoisotopic (exact) mass is 226 g/mol. The van der Waals surface area contributed by atoms with E-state index < -0.39 is 23.4 Å². The predicted molar refractivity (Wildman–Crippen MR) is 50.7 cm³/mol. The van der Waals surface area contributed by atoms with Crippen molar-refractivity contribution in [2.24, 2.45) is 0 Å². The highest BCUT2D eigenvalue weighted by Crippen LogP contribution is 2.35. The highest BCUT2D eigenvalue weighted by atomic mass is 19.1. The Morgan fingerprint density at radius 1 is 1.38 bits per heavy atom. The Labute approximate surface area is 90.3 Å². The van der Waals surface area contributed by atoms with Crippen molar-refractivity contribution in [3.8, 4) is 0 Å². The van der Waals surface area contributed by atoms with Crippen LogP contribution < -0.4 is 0 Å². The summed E-state index contributed by atoms with van der Waals surface area (Å²) in [5, 5.41) is 0. The van der Waals surface area contributed by atoms with Gasteiger partial charge in [0.2, 0.25) is 0 Å². The zero-order valence-corrected chi connectivity index (χ0v) is 8.20. The van der Waals surface area contributed by atoms with E-state index >= 15 is 0 Å². The lowest BCUT2D eigenvalue weighted by molar-refractivity contribution is 0.0842. The molecule has 2 rings (SSSR count). The molecule has 16 heavy (non-hydrogen) atoms. The molecule has 0 radical (unpaired) electrons. The van der Waals surface area contributed by atoms with Gasteiger partial charge in [-0.2, -0.15) is 0 Å². The number of carbonyl (C=O) groups excluding carboxylic acids is 1. The molecule has 3 nitrogen and oxygen atoms in total. The first-order valence-corrected chi connectivity index (χ1v) is 4.53. The molecule has 1 fully saturated rings. The van der Waals surface area contributed by atoms with Gasteiger partial charge in [0, 0.05) is 0 Å². The average Bonchev–Trinajstić information content (AvgIpc) is 2.61. The first-order valence-electron chi connectivity index (χ1n) is 4.53. The van der Waals surface area contributed by atoms with E-state index in [0.29, 0.717) is 0 Å². The van der Waals surface area contributed by atoms with Gasteiger partial charge in [0.25, 0.3) is 0 Å². The molecule has 1 heterocycles. The maximum Gasteiger partial charge on any atom is 0.509 e. The van der Waals surface area contributed by atoms with Crippen molar-refractivity contribution in [2.75, 3.05) is 6.61 Å². The summed E-state index contributed by atoms with van der Waals surface area (Å²) in [5.74, 6) is -1.61. The number of carbonyl (C=O) groups is 1. The van der Waals surface area contributed by atoms with Gasteiger partial charge < -0.3 is 9.47 Å². The number of benzene rings is 1. The normalized spacial score (nSPS) is 23.8. The Kier molecular flexibility index (Phi) is 2.38. The lowest BCUT2D eigenvalue weighted by Gasteiger charge is -2.21. The van der Waals surface area contributed by atoms with Gasteiger partial charge in [-0.3, -0.25) is 0 Å². The van der Waals surface area contributed by atoms with Crippen LogP contribution in [0.25, 0.3) is 0 Å². The van der Waals surface area contributed by atoms with Gasteiger partial charge in [-0.1, -0.05) is 12.6 Å². The first kappa shape index (κ1) is 10.6. The molecule has 1 atom stereocenters. The van der Waals surface area contributed by atoms with E-state index in [0.717, 1.165) is 18.2 Å². The fraction of sp³-hybridized carbons (Fsp3) is 0.182. The second kappa shape index (κ2) is 3.59. The van der Waals surface area contributed by atoms with Gasteiger partial charge >= 0.3 is 6.16 Å². The van der Waals surface area contributed by atoms with Crippen LogP contribution in [0.5, 0.6) is 0 Å². The number of cyclic esters (lactones) is 2. The lowest BCUT2D eigenvalue weighted by atomic mass is 9.94. The Morgan fingerprint density at radius 2 is 2.00 bits per heavy atom. The topological polar surface area (TPSA) is 35.5 Å². The number of hydrogen-bond acceptors (Lipinski definition) is 3. The van der Waals surface area contributed by atoms with Gasteiger partial charge in [-0.15, -0.1) is 0 Å². The van der Waals surface area contributed by atoms with E-state index in [9.17, 15) is 13.6 Å². The summed E-state index contributed by atoms with van der Waals surface area (Å²) in [6.07, 6.45) is 0.182. The summed E-state index contributed by atoms with van der Waals surface area (Å²) in [5.41, 5.74) is -1.94. The lowest BCUT2D eigenvalue weighted by Crippen LogP contribution is -2.28. The Morgan fingerprint density at radius 3 is 2.44 bits per heavy atom. The van der Waals surface area contributed by atoms with Gasteiger partial charge in [0.05, 0.1) is 5.56 Å². The van der Waals surface area contributed by atoms with Crippen molar-refractivity contribution >= 4 is 6.16 Å². The van der Waals surface area contributed by atoms with Crippen molar-refractivity contribution in [1.29, 1.82) is 0 Å². The highest BCUT2D eigenvalue weighted by molar-refractivity contribution is 5.64. The third-order valence-corrected chi connectivity index (χ3v) is 2.39. The van der Waals surface area contributed by atoms with Crippen LogP contribution in [0.15, 0.2) is 30.9 Å². The average molecular weight is 226 g/mol. The van der Waals surface area contributed by atoms with Crippen LogP contribution >= 0.6 is 0 Å². The highest BCUT2D eigenvalue weighted by Gasteiger charge is 2.45. The van der Waals surface area contributed by atoms with Gasteiger partial charge in [0.1, 0.15) is 18.2 Å². The van der Waals surface area contributed by atoms with E-state index in [1.165, 1.54) is 6.07 Å². The summed E-state index contributed by atoms with van der Waals surface area (Å²) >= 11 is 0. The van der Waals surface area contributed by atoms with E-state index in [2.05, 4.69) is 11.3 Å². The van der Waals surface area contributed by atoms with Crippen LogP contribution in [0.1, 0.15) is 5.56 Å². The molecule has 0 saturated carbocycles. The molecule has 1 saturated heterocycles. The SMILES string of the molecule is C=C[C@]1(c2c(F)cccc2F)COC(=O)O1. The second-order valence-electron chi connectivity index (χ2n) is 3.33. The third-order valence-electron chi connectivity index (χ3n) is 2.39. The summed E-state index contributed by atoms with van der Waals surface area (Å²) in [4.78, 5) is 10.9. The summed E-state index contributed by atoms with van der Waals surface area (Å²) in [7, 11) is 0. The number of hydrogen-bond donors (Lipinski definition) is 0. The zero-order valence-electron chi connectivity index (χ0n) is 8.20. The quantitative estimate of drug-likeness (QED) is 0.574. The molecule has 0 aliphatic carbocycles. The number of rotatable bonds is 2. The molecule has 1 aromatic carbocycles. The summed E-state index contributed by atoms with van der Waals surface area (Å²) in [6, 6.07) is 3.38. The zero-order chi connectivity index (χ0) is 11.8. The molecular formula is C11H8F2O3. The molecule has 0 aromatic heterocycles. The standard InChI is InChI=1S/C11H8F2O3/c1-2-11(6-15-10(14)16-11)9-7(12)4-3-5-8(9)13/h2-5H,1,6H2/t11-/m1/s1.